The highest BCUT2D eigenvalue weighted by Crippen LogP contribution is 2.37. The van der Waals surface area contributed by atoms with Gasteiger partial charge in [0.2, 0.25) is 11.6 Å². The van der Waals surface area contributed by atoms with Gasteiger partial charge in [0.15, 0.2) is 0 Å². The van der Waals surface area contributed by atoms with Gasteiger partial charge in [0, 0.05) is 6.54 Å². The van der Waals surface area contributed by atoms with E-state index in [1.54, 1.807) is 0 Å². The number of nitrogens with one attached hydrogen (secondary N) is 2. The lowest BCUT2D eigenvalue weighted by molar-refractivity contribution is -0.383. The van der Waals surface area contributed by atoms with Crippen molar-refractivity contribution in [1.82, 2.24) is 9.97 Å². The summed E-state index contributed by atoms with van der Waals surface area (Å²) in [4.78, 5) is 18.3. The third-order valence-electron chi connectivity index (χ3n) is 3.88. The fraction of sp³-hybridized carbons (Fsp3) is 0.667. The van der Waals surface area contributed by atoms with E-state index in [1.165, 1.54) is 25.6 Å². The molecule has 0 atom stereocenters. The molecule has 0 radical (unpaired) electrons. The number of aromatic nitrogens is 2. The second-order valence-corrected chi connectivity index (χ2v) is 5.55. The Morgan fingerprint density at radius 3 is 2.60 bits per heavy atom. The summed E-state index contributed by atoms with van der Waals surface area (Å²) in [6.07, 6.45) is 7.19. The van der Waals surface area contributed by atoms with Crippen LogP contribution in [0.1, 0.15) is 39.0 Å². The molecule has 0 aromatic carbocycles. The minimum atomic E-state index is -0.527. The monoisotopic (exact) mass is 280 g/mol. The van der Waals surface area contributed by atoms with Crippen LogP contribution in [0.4, 0.5) is 17.3 Å². The molecule has 1 aromatic heterocycles. The molecule has 0 saturated heterocycles. The predicted molar refractivity (Wildman–Crippen MR) is 76.2 cm³/mol. The second kappa shape index (κ2) is 6.00. The summed E-state index contributed by atoms with van der Waals surface area (Å²) < 4.78 is 0. The van der Waals surface area contributed by atoms with E-state index in [1.807, 2.05) is 0 Å². The number of nitrogens with two attached hydrogens (primary N) is 1. The zero-order valence-corrected chi connectivity index (χ0v) is 11.6. The van der Waals surface area contributed by atoms with Crippen molar-refractivity contribution in [1.29, 1.82) is 0 Å². The Kier molecular flexibility index (Phi) is 4.33. The maximum atomic E-state index is 11.1. The number of nitro groups is 1. The minimum absolute atomic E-state index is 0.0151. The predicted octanol–water partition coefficient (Wildman–Crippen LogP) is 2.05. The van der Waals surface area contributed by atoms with Crippen LogP contribution in [0.5, 0.6) is 0 Å². The summed E-state index contributed by atoms with van der Waals surface area (Å²) in [7, 11) is 0. The number of hydrogen-bond donors (Lipinski definition) is 3. The van der Waals surface area contributed by atoms with Crippen molar-refractivity contribution < 1.29 is 4.92 Å². The van der Waals surface area contributed by atoms with Crippen molar-refractivity contribution >= 4 is 17.3 Å². The average Bonchev–Trinajstić information content (AvgIpc) is 2.45. The lowest BCUT2D eigenvalue weighted by atomic mass is 9.76. The fourth-order valence-corrected chi connectivity index (χ4v) is 2.67. The molecule has 0 spiro atoms. The van der Waals surface area contributed by atoms with Crippen LogP contribution in [0.3, 0.4) is 0 Å². The van der Waals surface area contributed by atoms with Gasteiger partial charge in [0.1, 0.15) is 6.33 Å². The number of rotatable bonds is 5. The third kappa shape index (κ3) is 3.13. The zero-order chi connectivity index (χ0) is 14.6. The van der Waals surface area contributed by atoms with E-state index in [4.69, 9.17) is 5.84 Å². The highest BCUT2D eigenvalue weighted by atomic mass is 16.6. The number of anilines is 2. The SMILES string of the molecule is CC1(CNc2ncnc(NN)c2[N+](=O)[O-])CCCCC1. The molecule has 1 aliphatic rings. The summed E-state index contributed by atoms with van der Waals surface area (Å²) in [5.74, 6) is 5.48. The Morgan fingerprint density at radius 2 is 2.00 bits per heavy atom. The summed E-state index contributed by atoms with van der Waals surface area (Å²) in [5, 5.41) is 14.2. The van der Waals surface area contributed by atoms with E-state index >= 15 is 0 Å². The summed E-state index contributed by atoms with van der Waals surface area (Å²) in [6.45, 7) is 2.86. The molecule has 0 aliphatic heterocycles. The zero-order valence-electron chi connectivity index (χ0n) is 11.6. The molecular weight excluding hydrogens is 260 g/mol. The van der Waals surface area contributed by atoms with E-state index in [2.05, 4.69) is 27.6 Å². The largest absolute Gasteiger partial charge is 0.364 e. The van der Waals surface area contributed by atoms with Gasteiger partial charge in [0.05, 0.1) is 4.92 Å². The number of hydrogen-bond acceptors (Lipinski definition) is 7. The van der Waals surface area contributed by atoms with Crippen LogP contribution in [-0.4, -0.2) is 21.4 Å². The molecular formula is C12H20N6O2. The van der Waals surface area contributed by atoms with Gasteiger partial charge in [-0.25, -0.2) is 15.8 Å². The number of nitrogens with zero attached hydrogens (tertiary/aromatic N) is 3. The van der Waals surface area contributed by atoms with E-state index < -0.39 is 4.92 Å². The highest BCUT2D eigenvalue weighted by molar-refractivity contribution is 5.68. The molecule has 1 aliphatic carbocycles. The molecule has 8 nitrogen and oxygen atoms in total. The summed E-state index contributed by atoms with van der Waals surface area (Å²) in [5.41, 5.74) is 2.18. The van der Waals surface area contributed by atoms with Crippen LogP contribution in [0, 0.1) is 15.5 Å². The van der Waals surface area contributed by atoms with Gasteiger partial charge in [-0.05, 0) is 18.3 Å². The van der Waals surface area contributed by atoms with E-state index in [-0.39, 0.29) is 22.7 Å². The Morgan fingerprint density at radius 1 is 1.35 bits per heavy atom. The molecule has 8 heteroatoms. The Bertz CT molecular complexity index is 487. The van der Waals surface area contributed by atoms with Crippen LogP contribution in [-0.2, 0) is 0 Å². The third-order valence-corrected chi connectivity index (χ3v) is 3.88. The molecule has 1 saturated carbocycles. The summed E-state index contributed by atoms with van der Waals surface area (Å²) in [6, 6.07) is 0. The first kappa shape index (κ1) is 14.4. The molecule has 0 bridgehead atoms. The standard InChI is InChI=1S/C12H20N6O2/c1-12(5-3-2-4-6-12)7-14-10-9(18(19)20)11(17-13)16-8-15-10/h8H,2-7,13H2,1H3,(H2,14,15,16,17). The number of hydrazine groups is 1. The molecule has 0 amide bonds. The van der Waals surface area contributed by atoms with Gasteiger partial charge in [-0.1, -0.05) is 26.2 Å². The van der Waals surface area contributed by atoms with Crippen molar-refractivity contribution in [2.45, 2.75) is 39.0 Å². The first-order valence-electron chi connectivity index (χ1n) is 6.76. The van der Waals surface area contributed by atoms with E-state index in [9.17, 15) is 10.1 Å². The number of nitrogen functional groups attached to an aromatic ring is 1. The quantitative estimate of drug-likeness (QED) is 0.429. The van der Waals surface area contributed by atoms with Crippen molar-refractivity contribution in [2.24, 2.45) is 11.3 Å². The van der Waals surface area contributed by atoms with E-state index in [0.717, 1.165) is 12.8 Å². The topological polar surface area (TPSA) is 119 Å². The maximum Gasteiger partial charge on any atom is 0.354 e. The molecule has 1 aromatic rings. The van der Waals surface area contributed by atoms with Gasteiger partial charge in [-0.3, -0.25) is 10.1 Å². The average molecular weight is 280 g/mol. The fourth-order valence-electron chi connectivity index (χ4n) is 2.67. The minimum Gasteiger partial charge on any atom is -0.364 e. The Hall–Kier alpha value is -1.96. The molecule has 2 rings (SSSR count). The Labute approximate surface area is 117 Å². The van der Waals surface area contributed by atoms with Gasteiger partial charge in [-0.2, -0.15) is 0 Å². The van der Waals surface area contributed by atoms with Crippen LogP contribution in [0.25, 0.3) is 0 Å². The van der Waals surface area contributed by atoms with Crippen molar-refractivity contribution in [2.75, 3.05) is 17.3 Å². The summed E-state index contributed by atoms with van der Waals surface area (Å²) >= 11 is 0. The van der Waals surface area contributed by atoms with Crippen LogP contribution in [0.2, 0.25) is 0 Å². The van der Waals surface area contributed by atoms with Gasteiger partial charge in [0.25, 0.3) is 0 Å². The molecule has 20 heavy (non-hydrogen) atoms. The molecule has 4 N–H and O–H groups in total. The molecule has 110 valence electrons. The Balaban J connectivity index is 2.14. The van der Waals surface area contributed by atoms with Gasteiger partial charge >= 0.3 is 5.69 Å². The van der Waals surface area contributed by atoms with Gasteiger partial charge in [-0.15, -0.1) is 0 Å². The van der Waals surface area contributed by atoms with E-state index in [0.29, 0.717) is 6.54 Å². The van der Waals surface area contributed by atoms with Crippen molar-refractivity contribution in [3.05, 3.63) is 16.4 Å². The first-order chi connectivity index (χ1) is 9.56. The molecule has 1 fully saturated rings. The lowest BCUT2D eigenvalue weighted by Crippen LogP contribution is -2.29. The van der Waals surface area contributed by atoms with Crippen molar-refractivity contribution in [3.8, 4) is 0 Å². The van der Waals surface area contributed by atoms with Crippen LogP contribution >= 0.6 is 0 Å². The molecule has 1 heterocycles. The lowest BCUT2D eigenvalue weighted by Gasteiger charge is -2.33. The van der Waals surface area contributed by atoms with Crippen LogP contribution < -0.4 is 16.6 Å². The second-order valence-electron chi connectivity index (χ2n) is 5.55. The van der Waals surface area contributed by atoms with Gasteiger partial charge < -0.3 is 10.7 Å². The van der Waals surface area contributed by atoms with Crippen molar-refractivity contribution in [3.63, 3.8) is 0 Å². The highest BCUT2D eigenvalue weighted by Gasteiger charge is 2.29. The van der Waals surface area contributed by atoms with Crippen LogP contribution in [0.15, 0.2) is 6.33 Å². The normalized spacial score (nSPS) is 17.5. The smallest absolute Gasteiger partial charge is 0.354 e. The first-order valence-corrected chi connectivity index (χ1v) is 6.76. The maximum absolute atomic E-state index is 11.1. The molecule has 0 unspecified atom stereocenters.